The quantitative estimate of drug-likeness (QED) is 0.602. The minimum absolute atomic E-state index is 0.00814. The van der Waals surface area contributed by atoms with Crippen LogP contribution in [0, 0.1) is 5.82 Å². The van der Waals surface area contributed by atoms with Crippen molar-refractivity contribution in [3.8, 4) is 0 Å². The molecule has 1 atom stereocenters. The van der Waals surface area contributed by atoms with Gasteiger partial charge >= 0.3 is 5.97 Å². The van der Waals surface area contributed by atoms with E-state index in [1.54, 1.807) is 24.3 Å². The number of hydrogen-bond acceptors (Lipinski definition) is 3. The number of amides is 1. The molecule has 0 aliphatic rings. The van der Waals surface area contributed by atoms with Crippen LogP contribution in [0.5, 0.6) is 0 Å². The fourth-order valence-electron chi connectivity index (χ4n) is 1.89. The largest absolute Gasteiger partial charge is 0.449 e. The van der Waals surface area contributed by atoms with E-state index in [2.05, 4.69) is 5.32 Å². The number of hydrogen-bond donors (Lipinski definition) is 1. The molecular weight excluding hydrogens is 368 g/mol. The van der Waals surface area contributed by atoms with Crippen molar-refractivity contribution in [1.29, 1.82) is 0 Å². The van der Waals surface area contributed by atoms with Gasteiger partial charge < -0.3 is 10.1 Å². The second-order valence-corrected chi connectivity index (χ2v) is 5.83. The lowest BCUT2D eigenvalue weighted by Crippen LogP contribution is -2.29. The van der Waals surface area contributed by atoms with E-state index in [0.717, 1.165) is 6.08 Å². The monoisotopic (exact) mass is 381 g/mol. The predicted octanol–water partition coefficient (Wildman–Crippen LogP) is 4.72. The van der Waals surface area contributed by atoms with Crippen LogP contribution in [0.4, 0.5) is 10.1 Å². The zero-order valence-corrected chi connectivity index (χ0v) is 14.6. The van der Waals surface area contributed by atoms with Gasteiger partial charge in [-0.2, -0.15) is 0 Å². The molecule has 0 spiro atoms. The molecule has 0 aliphatic carbocycles. The van der Waals surface area contributed by atoms with E-state index >= 15 is 0 Å². The van der Waals surface area contributed by atoms with Gasteiger partial charge in [-0.05, 0) is 37.3 Å². The molecule has 2 rings (SSSR count). The topological polar surface area (TPSA) is 55.4 Å². The summed E-state index contributed by atoms with van der Waals surface area (Å²) in [7, 11) is 0. The van der Waals surface area contributed by atoms with E-state index in [4.69, 9.17) is 27.9 Å². The van der Waals surface area contributed by atoms with Gasteiger partial charge in [0, 0.05) is 21.7 Å². The van der Waals surface area contributed by atoms with Crippen LogP contribution in [0.2, 0.25) is 10.0 Å². The molecule has 0 saturated heterocycles. The summed E-state index contributed by atoms with van der Waals surface area (Å²) < 4.78 is 18.5. The van der Waals surface area contributed by atoms with Crippen LogP contribution in [-0.4, -0.2) is 18.0 Å². The normalized spacial score (nSPS) is 12.0. The Labute approximate surface area is 154 Å². The SMILES string of the molecule is C[C@@H](OC(=O)/C=C/c1c(Cl)cccc1Cl)C(=O)Nc1ccccc1F. The van der Waals surface area contributed by atoms with Gasteiger partial charge in [0.1, 0.15) is 5.82 Å². The van der Waals surface area contributed by atoms with Crippen LogP contribution < -0.4 is 5.32 Å². The molecule has 130 valence electrons. The van der Waals surface area contributed by atoms with Gasteiger partial charge in [0.05, 0.1) is 5.69 Å². The number of esters is 1. The van der Waals surface area contributed by atoms with Gasteiger partial charge in [0.15, 0.2) is 6.10 Å². The van der Waals surface area contributed by atoms with E-state index in [1.807, 2.05) is 0 Å². The molecule has 0 radical (unpaired) electrons. The minimum Gasteiger partial charge on any atom is -0.449 e. The molecule has 2 aromatic carbocycles. The first-order chi connectivity index (χ1) is 11.9. The maximum absolute atomic E-state index is 13.5. The maximum atomic E-state index is 13.5. The number of benzene rings is 2. The van der Waals surface area contributed by atoms with Crippen LogP contribution in [0.3, 0.4) is 0 Å². The summed E-state index contributed by atoms with van der Waals surface area (Å²) in [6.07, 6.45) is 1.40. The number of ether oxygens (including phenoxy) is 1. The van der Waals surface area contributed by atoms with E-state index in [9.17, 15) is 14.0 Å². The fourth-order valence-corrected chi connectivity index (χ4v) is 2.41. The molecule has 0 heterocycles. The molecule has 0 saturated carbocycles. The highest BCUT2D eigenvalue weighted by atomic mass is 35.5. The molecule has 7 heteroatoms. The standard InChI is InChI=1S/C18H14Cl2FNO3/c1-11(18(24)22-16-8-3-2-7-15(16)21)25-17(23)10-9-12-13(19)5-4-6-14(12)20/h2-11H,1H3,(H,22,24)/b10-9+/t11-/m1/s1. The molecule has 0 unspecified atom stereocenters. The summed E-state index contributed by atoms with van der Waals surface area (Å²) in [6.45, 7) is 1.38. The average Bonchev–Trinajstić information content (AvgIpc) is 2.56. The lowest BCUT2D eigenvalue weighted by Gasteiger charge is -2.12. The van der Waals surface area contributed by atoms with E-state index in [-0.39, 0.29) is 5.69 Å². The highest BCUT2D eigenvalue weighted by molar-refractivity contribution is 6.37. The molecule has 0 bridgehead atoms. The second kappa shape index (κ2) is 8.65. The second-order valence-electron chi connectivity index (χ2n) is 5.02. The van der Waals surface area contributed by atoms with Gasteiger partial charge in [-0.15, -0.1) is 0 Å². The number of rotatable bonds is 5. The van der Waals surface area contributed by atoms with Crippen LogP contribution in [0.15, 0.2) is 48.5 Å². The van der Waals surface area contributed by atoms with Crippen LogP contribution in [-0.2, 0) is 14.3 Å². The number of halogens is 3. The van der Waals surface area contributed by atoms with Crippen molar-refractivity contribution in [3.63, 3.8) is 0 Å². The predicted molar refractivity (Wildman–Crippen MR) is 96.1 cm³/mol. The van der Waals surface area contributed by atoms with Crippen LogP contribution in [0.25, 0.3) is 6.08 Å². The third-order valence-electron chi connectivity index (χ3n) is 3.18. The van der Waals surface area contributed by atoms with Crippen LogP contribution >= 0.6 is 23.2 Å². The molecular formula is C18H14Cl2FNO3. The molecule has 0 fully saturated rings. The molecule has 2 aromatic rings. The Bertz CT molecular complexity index is 803. The number of carbonyl (C=O) groups is 2. The van der Waals surface area contributed by atoms with Crippen molar-refractivity contribution in [2.45, 2.75) is 13.0 Å². The number of carbonyl (C=O) groups excluding carboxylic acids is 2. The van der Waals surface area contributed by atoms with E-state index < -0.39 is 23.8 Å². The number of anilines is 1. The lowest BCUT2D eigenvalue weighted by atomic mass is 10.2. The summed E-state index contributed by atoms with van der Waals surface area (Å²) in [4.78, 5) is 23.8. The Morgan fingerprint density at radius 1 is 1.12 bits per heavy atom. The summed E-state index contributed by atoms with van der Waals surface area (Å²) in [5, 5.41) is 3.10. The van der Waals surface area contributed by atoms with Gasteiger partial charge in [-0.25, -0.2) is 9.18 Å². The smallest absolute Gasteiger partial charge is 0.331 e. The first-order valence-electron chi connectivity index (χ1n) is 7.26. The van der Waals surface area contributed by atoms with E-state index in [1.165, 1.54) is 31.2 Å². The Morgan fingerprint density at radius 2 is 1.76 bits per heavy atom. The lowest BCUT2D eigenvalue weighted by molar-refractivity contribution is -0.148. The van der Waals surface area contributed by atoms with Crippen molar-refractivity contribution >= 4 is 46.8 Å². The zero-order valence-electron chi connectivity index (χ0n) is 13.1. The maximum Gasteiger partial charge on any atom is 0.331 e. The summed E-state index contributed by atoms with van der Waals surface area (Å²) >= 11 is 12.0. The first kappa shape index (κ1) is 19.0. The third-order valence-corrected chi connectivity index (χ3v) is 3.84. The zero-order chi connectivity index (χ0) is 18.4. The van der Waals surface area contributed by atoms with Gasteiger partial charge in [0.25, 0.3) is 5.91 Å². The molecule has 0 aromatic heterocycles. The Hall–Kier alpha value is -2.37. The van der Waals surface area contributed by atoms with Crippen molar-refractivity contribution in [1.82, 2.24) is 0 Å². The third kappa shape index (κ3) is 5.31. The van der Waals surface area contributed by atoms with Gasteiger partial charge in [-0.1, -0.05) is 41.4 Å². The first-order valence-corrected chi connectivity index (χ1v) is 8.02. The van der Waals surface area contributed by atoms with E-state index in [0.29, 0.717) is 15.6 Å². The average molecular weight is 382 g/mol. The molecule has 1 amide bonds. The summed E-state index contributed by atoms with van der Waals surface area (Å²) in [5.41, 5.74) is 0.472. The molecule has 25 heavy (non-hydrogen) atoms. The highest BCUT2D eigenvalue weighted by Gasteiger charge is 2.18. The van der Waals surface area contributed by atoms with Crippen molar-refractivity contribution < 1.29 is 18.7 Å². The van der Waals surface area contributed by atoms with Gasteiger partial charge in [-0.3, -0.25) is 4.79 Å². The highest BCUT2D eigenvalue weighted by Crippen LogP contribution is 2.25. The number of para-hydroxylation sites is 1. The Balaban J connectivity index is 1.97. The minimum atomic E-state index is -1.11. The summed E-state index contributed by atoms with van der Waals surface area (Å²) in [6, 6.07) is 10.6. The van der Waals surface area contributed by atoms with Crippen molar-refractivity contribution in [3.05, 3.63) is 70.0 Å². The van der Waals surface area contributed by atoms with Gasteiger partial charge in [0.2, 0.25) is 0 Å². The molecule has 4 nitrogen and oxygen atoms in total. The Morgan fingerprint density at radius 3 is 2.40 bits per heavy atom. The Kier molecular flexibility index (Phi) is 6.56. The van der Waals surface area contributed by atoms with Crippen molar-refractivity contribution in [2.24, 2.45) is 0 Å². The fraction of sp³-hybridized carbons (Fsp3) is 0.111. The number of nitrogens with one attached hydrogen (secondary N) is 1. The van der Waals surface area contributed by atoms with Crippen molar-refractivity contribution in [2.75, 3.05) is 5.32 Å². The molecule has 0 aliphatic heterocycles. The molecule has 1 N–H and O–H groups in total. The van der Waals surface area contributed by atoms with Crippen LogP contribution in [0.1, 0.15) is 12.5 Å². The summed E-state index contributed by atoms with van der Waals surface area (Å²) in [5.74, 6) is -1.99.